The Balaban J connectivity index is 1.65. The van der Waals surface area contributed by atoms with Crippen molar-refractivity contribution in [2.75, 3.05) is 6.54 Å². The molecule has 0 atom stereocenters. The third kappa shape index (κ3) is 19.7. The topological polar surface area (TPSA) is 37.4 Å². The van der Waals surface area contributed by atoms with E-state index in [4.69, 9.17) is 0 Å². The van der Waals surface area contributed by atoms with Crippen LogP contribution in [0, 0.1) is 0 Å². The zero-order chi connectivity index (χ0) is 25.2. The molecule has 0 aliphatic carbocycles. The minimum Gasteiger partial charge on any atom is -0.275 e. The summed E-state index contributed by atoms with van der Waals surface area (Å²) in [6.45, 7) is 2.88. The van der Waals surface area contributed by atoms with E-state index in [9.17, 15) is 9.59 Å². The van der Waals surface area contributed by atoms with Crippen molar-refractivity contribution in [1.82, 2.24) is 4.90 Å². The van der Waals surface area contributed by atoms with Crippen molar-refractivity contribution in [3.8, 4) is 0 Å². The zero-order valence-electron chi connectivity index (χ0n) is 23.5. The Hall–Kier alpha value is -1.12. The van der Waals surface area contributed by atoms with E-state index in [1.165, 1.54) is 171 Å². The van der Waals surface area contributed by atoms with Crippen LogP contribution in [0.25, 0.3) is 0 Å². The lowest BCUT2D eigenvalue weighted by molar-refractivity contribution is -0.136. The van der Waals surface area contributed by atoms with Crippen LogP contribution in [0.4, 0.5) is 0 Å². The van der Waals surface area contributed by atoms with Crippen LogP contribution in [0.3, 0.4) is 0 Å². The summed E-state index contributed by atoms with van der Waals surface area (Å²) in [6, 6.07) is 0. The van der Waals surface area contributed by atoms with Crippen LogP contribution in [0.5, 0.6) is 0 Å². The summed E-state index contributed by atoms with van der Waals surface area (Å²) in [5.41, 5.74) is 0. The fourth-order valence-corrected chi connectivity index (χ4v) is 5.24. The first kappa shape index (κ1) is 31.9. The summed E-state index contributed by atoms with van der Waals surface area (Å²) in [4.78, 5) is 24.3. The fraction of sp³-hybridized carbons (Fsp3) is 0.875. The number of hydrogen-bond donors (Lipinski definition) is 0. The molecule has 1 aliphatic heterocycles. The van der Waals surface area contributed by atoms with E-state index in [1.54, 1.807) is 0 Å². The van der Waals surface area contributed by atoms with Gasteiger partial charge < -0.3 is 0 Å². The lowest BCUT2D eigenvalue weighted by atomic mass is 10.0. The second-order valence-electron chi connectivity index (χ2n) is 11.0. The molecule has 1 aliphatic rings. The predicted octanol–water partition coefficient (Wildman–Crippen LogP) is 10.1. The number of unbranched alkanes of at least 4 members (excludes halogenated alkanes) is 25. The first-order valence-corrected chi connectivity index (χ1v) is 15.8. The molecule has 0 fully saturated rings. The van der Waals surface area contributed by atoms with Crippen LogP contribution in [-0.4, -0.2) is 23.3 Å². The van der Waals surface area contributed by atoms with Gasteiger partial charge in [0.25, 0.3) is 11.8 Å². The van der Waals surface area contributed by atoms with Gasteiger partial charge in [-0.1, -0.05) is 167 Å². The van der Waals surface area contributed by atoms with Crippen LogP contribution in [-0.2, 0) is 9.59 Å². The quantitative estimate of drug-likeness (QED) is 0.0850. The van der Waals surface area contributed by atoms with Gasteiger partial charge in [0.2, 0.25) is 0 Å². The first-order chi connectivity index (χ1) is 17.3. The molecular weight excluding hydrogens is 430 g/mol. The first-order valence-electron chi connectivity index (χ1n) is 15.8. The lowest BCUT2D eigenvalue weighted by Crippen LogP contribution is -2.30. The Bertz CT molecular complexity index is 510. The van der Waals surface area contributed by atoms with Gasteiger partial charge in [-0.2, -0.15) is 0 Å². The van der Waals surface area contributed by atoms with Gasteiger partial charge in [-0.15, -0.1) is 0 Å². The molecular formula is C32H59NO2. The maximum Gasteiger partial charge on any atom is 0.253 e. The molecule has 0 unspecified atom stereocenters. The molecule has 0 aromatic heterocycles. The van der Waals surface area contributed by atoms with Crippen LogP contribution >= 0.6 is 0 Å². The number of carbonyl (C=O) groups excluding carboxylic acids is 2. The number of carbonyl (C=O) groups is 2. The molecule has 0 bridgehead atoms. The Morgan fingerprint density at radius 3 is 0.886 bits per heavy atom. The molecule has 0 saturated heterocycles. The second kappa shape index (κ2) is 24.6. The molecule has 1 rings (SSSR count). The highest BCUT2D eigenvalue weighted by Crippen LogP contribution is 2.16. The molecule has 3 nitrogen and oxygen atoms in total. The van der Waals surface area contributed by atoms with Gasteiger partial charge in [-0.25, -0.2) is 0 Å². The Kier molecular flexibility index (Phi) is 22.4. The van der Waals surface area contributed by atoms with E-state index in [1.807, 2.05) is 0 Å². The molecule has 0 saturated carbocycles. The molecule has 2 amide bonds. The van der Waals surface area contributed by atoms with Gasteiger partial charge in [0.15, 0.2) is 0 Å². The number of imide groups is 1. The number of nitrogens with zero attached hydrogens (tertiary/aromatic N) is 1. The average Bonchev–Trinajstić information content (AvgIpc) is 3.18. The second-order valence-corrected chi connectivity index (χ2v) is 11.0. The van der Waals surface area contributed by atoms with Gasteiger partial charge in [0.05, 0.1) is 0 Å². The monoisotopic (exact) mass is 489 g/mol. The van der Waals surface area contributed by atoms with E-state index >= 15 is 0 Å². The molecule has 35 heavy (non-hydrogen) atoms. The SMILES string of the molecule is CCCCCCCCCCCCCCCCCCCCCCCCCCCCN1C(=O)C=CC1=O. The third-order valence-corrected chi connectivity index (χ3v) is 7.64. The van der Waals surface area contributed by atoms with Gasteiger partial charge in [0, 0.05) is 18.7 Å². The highest BCUT2D eigenvalue weighted by atomic mass is 16.2. The van der Waals surface area contributed by atoms with Gasteiger partial charge in [0.1, 0.15) is 0 Å². The van der Waals surface area contributed by atoms with E-state index in [-0.39, 0.29) is 11.8 Å². The highest BCUT2D eigenvalue weighted by Gasteiger charge is 2.21. The predicted molar refractivity (Wildman–Crippen MR) is 152 cm³/mol. The Morgan fingerprint density at radius 2 is 0.629 bits per heavy atom. The molecule has 0 N–H and O–H groups in total. The summed E-state index contributed by atoms with van der Waals surface area (Å²) >= 11 is 0. The van der Waals surface area contributed by atoms with Crippen molar-refractivity contribution in [1.29, 1.82) is 0 Å². The van der Waals surface area contributed by atoms with Gasteiger partial charge >= 0.3 is 0 Å². The summed E-state index contributed by atoms with van der Waals surface area (Å²) in [5.74, 6) is -0.288. The summed E-state index contributed by atoms with van der Waals surface area (Å²) in [6.07, 6.45) is 38.9. The third-order valence-electron chi connectivity index (χ3n) is 7.64. The van der Waals surface area contributed by atoms with Crippen LogP contribution in [0.15, 0.2) is 12.2 Å². The van der Waals surface area contributed by atoms with Crippen molar-refractivity contribution in [2.24, 2.45) is 0 Å². The number of hydrogen-bond acceptors (Lipinski definition) is 2. The van der Waals surface area contributed by atoms with E-state index in [0.29, 0.717) is 6.54 Å². The fourth-order valence-electron chi connectivity index (χ4n) is 5.24. The minimum atomic E-state index is -0.144. The van der Waals surface area contributed by atoms with Crippen molar-refractivity contribution in [2.45, 2.75) is 174 Å². The van der Waals surface area contributed by atoms with Crippen LogP contribution in [0.2, 0.25) is 0 Å². The smallest absolute Gasteiger partial charge is 0.253 e. The number of rotatable bonds is 27. The average molecular weight is 490 g/mol. The van der Waals surface area contributed by atoms with E-state index < -0.39 is 0 Å². The molecule has 0 radical (unpaired) electrons. The zero-order valence-corrected chi connectivity index (χ0v) is 23.5. The molecule has 0 aromatic carbocycles. The number of amides is 2. The maximum absolute atomic E-state index is 11.5. The summed E-state index contributed by atoms with van der Waals surface area (Å²) in [5, 5.41) is 0. The Labute approximate surface area is 218 Å². The standard InChI is InChI=1S/C32H59NO2/c1-2-3-4-5-6-7-8-9-10-11-12-13-14-15-16-17-18-19-20-21-22-23-24-25-26-27-30-33-31(34)28-29-32(33)35/h28-29H,2-27,30H2,1H3. The Morgan fingerprint density at radius 1 is 0.400 bits per heavy atom. The minimum absolute atomic E-state index is 0.144. The van der Waals surface area contributed by atoms with Crippen molar-refractivity contribution in [3.63, 3.8) is 0 Å². The van der Waals surface area contributed by atoms with Crippen LogP contribution < -0.4 is 0 Å². The van der Waals surface area contributed by atoms with Gasteiger partial charge in [-0.3, -0.25) is 14.5 Å². The maximum atomic E-state index is 11.5. The normalized spacial score (nSPS) is 13.5. The lowest BCUT2D eigenvalue weighted by Gasteiger charge is -2.12. The molecule has 204 valence electrons. The van der Waals surface area contributed by atoms with Crippen molar-refractivity contribution >= 4 is 11.8 Å². The molecule has 0 spiro atoms. The molecule has 0 aromatic rings. The van der Waals surface area contributed by atoms with E-state index in [0.717, 1.165) is 12.8 Å². The largest absolute Gasteiger partial charge is 0.275 e. The molecule has 3 heteroatoms. The van der Waals surface area contributed by atoms with E-state index in [2.05, 4.69) is 6.92 Å². The summed E-state index contributed by atoms with van der Waals surface area (Å²) < 4.78 is 0. The van der Waals surface area contributed by atoms with Crippen molar-refractivity contribution < 1.29 is 9.59 Å². The molecule has 1 heterocycles. The highest BCUT2D eigenvalue weighted by molar-refractivity contribution is 6.12. The van der Waals surface area contributed by atoms with Crippen molar-refractivity contribution in [3.05, 3.63) is 12.2 Å². The van der Waals surface area contributed by atoms with Crippen LogP contribution in [0.1, 0.15) is 174 Å². The van der Waals surface area contributed by atoms with Gasteiger partial charge in [-0.05, 0) is 6.42 Å². The summed E-state index contributed by atoms with van der Waals surface area (Å²) in [7, 11) is 0.